The molecule has 17 heavy (non-hydrogen) atoms. The van der Waals surface area contributed by atoms with Crippen molar-refractivity contribution in [3.05, 3.63) is 54.1 Å². The highest BCUT2D eigenvalue weighted by Gasteiger charge is 2.02. The van der Waals surface area contributed by atoms with Crippen LogP contribution >= 0.6 is 0 Å². The van der Waals surface area contributed by atoms with E-state index in [1.165, 1.54) is 0 Å². The Morgan fingerprint density at radius 1 is 1.00 bits per heavy atom. The minimum atomic E-state index is 0.287. The Morgan fingerprint density at radius 3 is 2.47 bits per heavy atom. The van der Waals surface area contributed by atoms with Crippen LogP contribution in [-0.2, 0) is 0 Å². The number of nitrogens with zero attached hydrogens (tertiary/aromatic N) is 2. The predicted octanol–water partition coefficient (Wildman–Crippen LogP) is 4.26. The molecule has 86 valence electrons. The van der Waals surface area contributed by atoms with Gasteiger partial charge in [-0.1, -0.05) is 24.3 Å². The highest BCUT2D eigenvalue weighted by Crippen LogP contribution is 2.29. The fourth-order valence-corrected chi connectivity index (χ4v) is 1.39. The van der Waals surface area contributed by atoms with Crippen molar-refractivity contribution in [1.82, 2.24) is 0 Å². The van der Waals surface area contributed by atoms with Crippen LogP contribution in [0.25, 0.3) is 0 Å². The zero-order chi connectivity index (χ0) is 12.1. The second-order valence-electron chi connectivity index (χ2n) is 3.60. The molecular weight excluding hydrogens is 216 g/mol. The summed E-state index contributed by atoms with van der Waals surface area (Å²) in [6, 6.07) is 14.6. The Kier molecular flexibility index (Phi) is 3.47. The Bertz CT molecular complexity index is 524. The fourth-order valence-electron chi connectivity index (χ4n) is 1.39. The van der Waals surface area contributed by atoms with Gasteiger partial charge in [0.15, 0.2) is 5.75 Å². The molecule has 0 bridgehead atoms. The second-order valence-corrected chi connectivity index (χ2v) is 3.60. The molecule has 0 amide bonds. The Balaban J connectivity index is 2.29. The van der Waals surface area contributed by atoms with Gasteiger partial charge >= 0.3 is 0 Å². The Hall–Kier alpha value is -2.20. The second kappa shape index (κ2) is 5.23. The van der Waals surface area contributed by atoms with E-state index in [-0.39, 0.29) is 5.75 Å². The summed E-state index contributed by atoms with van der Waals surface area (Å²) in [6.07, 6.45) is 0. The summed E-state index contributed by atoms with van der Waals surface area (Å²) in [5.74, 6) is 0.287. The van der Waals surface area contributed by atoms with E-state index in [9.17, 15) is 0 Å². The monoisotopic (exact) mass is 228 g/mol. The molecule has 0 aliphatic rings. The summed E-state index contributed by atoms with van der Waals surface area (Å²) in [7, 11) is 0. The van der Waals surface area contributed by atoms with Crippen molar-refractivity contribution in [2.75, 3.05) is 0 Å². The molecule has 0 heterocycles. The first-order valence-electron chi connectivity index (χ1n) is 5.18. The third-order valence-corrected chi connectivity index (χ3v) is 2.24. The first-order valence-corrected chi connectivity index (χ1v) is 5.18. The zero-order valence-electron chi connectivity index (χ0n) is 9.37. The summed E-state index contributed by atoms with van der Waals surface area (Å²) in [5, 5.41) is 16.8. The largest absolute Gasteiger partial charge is 0.338 e. The van der Waals surface area contributed by atoms with Gasteiger partial charge in [0, 0.05) is 0 Å². The lowest BCUT2D eigenvalue weighted by molar-refractivity contribution is -0.137. The van der Waals surface area contributed by atoms with Crippen LogP contribution in [0.4, 0.5) is 11.4 Å². The van der Waals surface area contributed by atoms with E-state index < -0.39 is 0 Å². The van der Waals surface area contributed by atoms with E-state index in [0.29, 0.717) is 5.69 Å². The first-order chi connectivity index (χ1) is 8.29. The minimum absolute atomic E-state index is 0.287. The highest BCUT2D eigenvalue weighted by atomic mass is 17.1. The molecule has 0 aliphatic carbocycles. The lowest BCUT2D eigenvalue weighted by Crippen LogP contribution is -1.84. The molecule has 0 radical (unpaired) electrons. The summed E-state index contributed by atoms with van der Waals surface area (Å²) in [5.41, 5.74) is 2.27. The van der Waals surface area contributed by atoms with Gasteiger partial charge < -0.3 is 4.89 Å². The maximum atomic E-state index is 8.70. The van der Waals surface area contributed by atoms with Crippen LogP contribution in [0.3, 0.4) is 0 Å². The summed E-state index contributed by atoms with van der Waals surface area (Å²) in [4.78, 5) is 4.23. The zero-order valence-corrected chi connectivity index (χ0v) is 9.37. The minimum Gasteiger partial charge on any atom is -0.338 e. The molecule has 0 atom stereocenters. The van der Waals surface area contributed by atoms with Crippen LogP contribution in [-0.4, -0.2) is 5.26 Å². The van der Waals surface area contributed by atoms with Crippen molar-refractivity contribution in [3.63, 3.8) is 0 Å². The molecule has 0 saturated carbocycles. The lowest BCUT2D eigenvalue weighted by atomic mass is 10.2. The van der Waals surface area contributed by atoms with Crippen molar-refractivity contribution >= 4 is 11.4 Å². The van der Waals surface area contributed by atoms with Crippen LogP contribution in [0, 0.1) is 6.92 Å². The van der Waals surface area contributed by atoms with Crippen LogP contribution in [0.5, 0.6) is 5.75 Å². The van der Waals surface area contributed by atoms with Crippen molar-refractivity contribution in [2.24, 2.45) is 10.2 Å². The van der Waals surface area contributed by atoms with Crippen LogP contribution in [0.1, 0.15) is 5.56 Å². The van der Waals surface area contributed by atoms with Crippen molar-refractivity contribution in [1.29, 1.82) is 0 Å². The summed E-state index contributed by atoms with van der Waals surface area (Å²) < 4.78 is 0. The van der Waals surface area contributed by atoms with Crippen LogP contribution in [0.2, 0.25) is 0 Å². The van der Waals surface area contributed by atoms with E-state index in [2.05, 4.69) is 15.1 Å². The number of benzene rings is 2. The van der Waals surface area contributed by atoms with E-state index in [1.54, 1.807) is 12.1 Å². The van der Waals surface area contributed by atoms with Gasteiger partial charge in [0.25, 0.3) is 0 Å². The number of rotatable bonds is 3. The highest BCUT2D eigenvalue weighted by molar-refractivity contribution is 5.53. The quantitative estimate of drug-likeness (QED) is 0.484. The number of hydrogen-bond donors (Lipinski definition) is 1. The Labute approximate surface area is 99.1 Å². The molecule has 4 nitrogen and oxygen atoms in total. The first kappa shape index (κ1) is 11.3. The molecule has 2 rings (SSSR count). The molecule has 0 unspecified atom stereocenters. The maximum Gasteiger partial charge on any atom is 0.192 e. The van der Waals surface area contributed by atoms with Gasteiger partial charge in [-0.25, -0.2) is 5.26 Å². The molecule has 4 heteroatoms. The number of azo groups is 1. The molecule has 0 saturated heterocycles. The average Bonchev–Trinajstić information content (AvgIpc) is 2.38. The van der Waals surface area contributed by atoms with E-state index in [4.69, 9.17) is 5.26 Å². The normalized spacial score (nSPS) is 10.7. The van der Waals surface area contributed by atoms with Crippen molar-refractivity contribution < 1.29 is 10.1 Å². The maximum absolute atomic E-state index is 8.70. The van der Waals surface area contributed by atoms with Crippen LogP contribution < -0.4 is 4.89 Å². The molecule has 0 fully saturated rings. The summed E-state index contributed by atoms with van der Waals surface area (Å²) in [6.45, 7) is 1.93. The van der Waals surface area contributed by atoms with Crippen LogP contribution in [0.15, 0.2) is 58.8 Å². The van der Waals surface area contributed by atoms with Gasteiger partial charge in [-0.3, -0.25) is 0 Å². The standard InChI is InChI=1S/C13H12N2O2/c1-10-7-8-13(17-16)12(9-10)15-14-11-5-3-2-4-6-11/h2-9,16H,1H3. The smallest absolute Gasteiger partial charge is 0.192 e. The molecule has 1 N–H and O–H groups in total. The van der Waals surface area contributed by atoms with E-state index in [0.717, 1.165) is 11.3 Å². The molecule has 2 aromatic carbocycles. The lowest BCUT2D eigenvalue weighted by Gasteiger charge is -2.01. The topological polar surface area (TPSA) is 54.2 Å². The van der Waals surface area contributed by atoms with Gasteiger partial charge in [-0.15, -0.1) is 5.11 Å². The van der Waals surface area contributed by atoms with Gasteiger partial charge in [0.05, 0.1) is 5.69 Å². The van der Waals surface area contributed by atoms with Gasteiger partial charge in [0.2, 0.25) is 0 Å². The average molecular weight is 228 g/mol. The molecular formula is C13H12N2O2. The van der Waals surface area contributed by atoms with E-state index >= 15 is 0 Å². The van der Waals surface area contributed by atoms with Gasteiger partial charge in [0.1, 0.15) is 5.69 Å². The SMILES string of the molecule is Cc1ccc(OO)c(N=Nc2ccccc2)c1. The number of hydrogen-bond acceptors (Lipinski definition) is 4. The molecule has 0 spiro atoms. The third kappa shape index (κ3) is 2.89. The molecule has 0 aliphatic heterocycles. The number of aryl methyl sites for hydroxylation is 1. The predicted molar refractivity (Wildman–Crippen MR) is 65.1 cm³/mol. The van der Waals surface area contributed by atoms with Gasteiger partial charge in [-0.05, 0) is 36.8 Å². The van der Waals surface area contributed by atoms with Crippen molar-refractivity contribution in [3.8, 4) is 5.75 Å². The Morgan fingerprint density at radius 2 is 1.76 bits per heavy atom. The third-order valence-electron chi connectivity index (χ3n) is 2.24. The fraction of sp³-hybridized carbons (Fsp3) is 0.0769. The summed E-state index contributed by atoms with van der Waals surface area (Å²) >= 11 is 0. The van der Waals surface area contributed by atoms with Crippen molar-refractivity contribution in [2.45, 2.75) is 6.92 Å². The van der Waals surface area contributed by atoms with Gasteiger partial charge in [-0.2, -0.15) is 5.11 Å². The molecule has 2 aromatic rings. The van der Waals surface area contributed by atoms with E-state index in [1.807, 2.05) is 43.3 Å². The molecule has 0 aromatic heterocycles.